The second-order valence-electron chi connectivity index (χ2n) is 10.5. The molecule has 5 nitrogen and oxygen atoms in total. The van der Waals surface area contributed by atoms with Crippen LogP contribution in [0.15, 0.2) is 48.7 Å². The zero-order valence-electron chi connectivity index (χ0n) is 24.0. The quantitative estimate of drug-likeness (QED) is 0.147. The van der Waals surface area contributed by atoms with Gasteiger partial charge in [-0.3, -0.25) is 4.79 Å². The van der Waals surface area contributed by atoms with Gasteiger partial charge in [0.15, 0.2) is 5.05 Å². The third-order valence-corrected chi connectivity index (χ3v) is 6.92. The molecule has 1 heterocycles. The van der Waals surface area contributed by atoms with Crippen LogP contribution in [0.3, 0.4) is 0 Å². The highest BCUT2D eigenvalue weighted by molar-refractivity contribution is 7.80. The number of nitrogens with one attached hydrogen (secondary N) is 1. The molecular formula is C30H30F7N3O2S. The Bertz CT molecular complexity index is 1470. The van der Waals surface area contributed by atoms with Crippen molar-refractivity contribution in [3.8, 4) is 11.1 Å². The van der Waals surface area contributed by atoms with Crippen molar-refractivity contribution in [3.05, 3.63) is 76.7 Å². The second-order valence-corrected chi connectivity index (χ2v) is 11.0. The highest BCUT2D eigenvalue weighted by atomic mass is 32.1. The second kappa shape index (κ2) is 12.9. The van der Waals surface area contributed by atoms with E-state index < -0.39 is 46.2 Å². The number of nitrogens with zero attached hydrogens (tertiary/aromatic N) is 2. The number of aromatic nitrogens is 1. The van der Waals surface area contributed by atoms with E-state index in [2.05, 4.69) is 10.3 Å². The fraction of sp³-hybridized carbons (Fsp3) is 0.367. The fourth-order valence-electron chi connectivity index (χ4n) is 4.43. The Labute approximate surface area is 250 Å². The number of thiocarbonyl (C=S) groups is 1. The molecule has 0 atom stereocenters. The first kappa shape index (κ1) is 33.8. The minimum absolute atomic E-state index is 0.0153. The minimum atomic E-state index is -5.07. The zero-order chi connectivity index (χ0) is 32.3. The van der Waals surface area contributed by atoms with Gasteiger partial charge in [-0.15, -0.1) is 0 Å². The average molecular weight is 630 g/mol. The van der Waals surface area contributed by atoms with Crippen molar-refractivity contribution < 1.29 is 40.3 Å². The molecule has 0 saturated carbocycles. The van der Waals surface area contributed by atoms with E-state index in [0.29, 0.717) is 59.3 Å². The Morgan fingerprint density at radius 2 is 1.53 bits per heavy atom. The molecule has 0 aliphatic carbocycles. The van der Waals surface area contributed by atoms with Crippen molar-refractivity contribution in [2.45, 2.75) is 51.9 Å². The Morgan fingerprint density at radius 3 is 2.07 bits per heavy atom. The van der Waals surface area contributed by atoms with Crippen molar-refractivity contribution in [2.75, 3.05) is 30.4 Å². The van der Waals surface area contributed by atoms with Gasteiger partial charge in [0.25, 0.3) is 0 Å². The van der Waals surface area contributed by atoms with Gasteiger partial charge in [-0.1, -0.05) is 6.07 Å². The summed E-state index contributed by atoms with van der Waals surface area (Å²) in [5, 5.41) is 3.54. The van der Waals surface area contributed by atoms with Gasteiger partial charge in [0.1, 0.15) is 11.6 Å². The highest BCUT2D eigenvalue weighted by Crippen LogP contribution is 2.41. The van der Waals surface area contributed by atoms with Crippen LogP contribution in [0.2, 0.25) is 0 Å². The van der Waals surface area contributed by atoms with Crippen LogP contribution in [0.4, 0.5) is 42.2 Å². The number of likely N-dealkylation sites (N-methyl/N-ethyl adjacent to an activating group) is 1. The van der Waals surface area contributed by atoms with Gasteiger partial charge in [-0.05, 0) is 92.5 Å². The number of carbonyl (C=O) groups excluding carboxylic acids is 1. The number of ether oxygens (including phenoxy) is 1. The Morgan fingerprint density at radius 1 is 0.953 bits per heavy atom. The molecule has 0 radical (unpaired) electrons. The number of aryl methyl sites for hydroxylation is 1. The van der Waals surface area contributed by atoms with Gasteiger partial charge in [0.05, 0.1) is 35.0 Å². The molecule has 43 heavy (non-hydrogen) atoms. The molecule has 1 amide bonds. The summed E-state index contributed by atoms with van der Waals surface area (Å²) in [6.07, 6.45) is -8.20. The summed E-state index contributed by atoms with van der Waals surface area (Å²) in [4.78, 5) is 19.3. The van der Waals surface area contributed by atoms with Gasteiger partial charge in [0.2, 0.25) is 5.91 Å². The summed E-state index contributed by atoms with van der Waals surface area (Å²) in [6, 6.07) is 6.78. The van der Waals surface area contributed by atoms with E-state index in [1.807, 2.05) is 0 Å². The lowest BCUT2D eigenvalue weighted by Crippen LogP contribution is -2.42. The van der Waals surface area contributed by atoms with Crippen LogP contribution in [-0.4, -0.2) is 36.1 Å². The zero-order valence-corrected chi connectivity index (χ0v) is 24.8. The number of hydrogen-bond acceptors (Lipinski definition) is 5. The maximum atomic E-state index is 13.9. The normalized spacial score (nSPS) is 12.2. The van der Waals surface area contributed by atoms with Crippen molar-refractivity contribution in [3.63, 3.8) is 0 Å². The smallest absolute Gasteiger partial charge is 0.416 e. The van der Waals surface area contributed by atoms with Crippen molar-refractivity contribution in [1.82, 2.24) is 4.98 Å². The van der Waals surface area contributed by atoms with Crippen LogP contribution in [0.25, 0.3) is 11.1 Å². The summed E-state index contributed by atoms with van der Waals surface area (Å²) in [5.41, 5.74) is -3.63. The largest absolute Gasteiger partial charge is 0.487 e. The van der Waals surface area contributed by atoms with Crippen LogP contribution >= 0.6 is 12.2 Å². The third-order valence-electron chi connectivity index (χ3n) is 6.80. The van der Waals surface area contributed by atoms with Gasteiger partial charge >= 0.3 is 12.4 Å². The van der Waals surface area contributed by atoms with Gasteiger partial charge < -0.3 is 15.0 Å². The lowest BCUT2D eigenvalue weighted by Gasteiger charge is -2.32. The van der Waals surface area contributed by atoms with Gasteiger partial charge in [0, 0.05) is 26.1 Å². The van der Waals surface area contributed by atoms with Crippen molar-refractivity contribution in [1.29, 1.82) is 0 Å². The maximum absolute atomic E-state index is 13.9. The van der Waals surface area contributed by atoms with Crippen LogP contribution < -0.4 is 10.2 Å². The van der Waals surface area contributed by atoms with Crippen LogP contribution in [0.1, 0.15) is 49.4 Å². The summed E-state index contributed by atoms with van der Waals surface area (Å²) in [7, 11) is 1.35. The molecule has 2 aromatic carbocycles. The van der Waals surface area contributed by atoms with Crippen molar-refractivity contribution >= 4 is 34.7 Å². The van der Waals surface area contributed by atoms with E-state index >= 15 is 0 Å². The average Bonchev–Trinajstić information content (AvgIpc) is 2.90. The molecule has 1 aromatic heterocycles. The van der Waals surface area contributed by atoms with E-state index in [0.717, 1.165) is 4.90 Å². The van der Waals surface area contributed by atoms with E-state index in [4.69, 9.17) is 17.0 Å². The summed E-state index contributed by atoms with van der Waals surface area (Å²) >= 11 is 4.88. The van der Waals surface area contributed by atoms with Crippen molar-refractivity contribution in [2.24, 2.45) is 0 Å². The first-order chi connectivity index (χ1) is 19.8. The van der Waals surface area contributed by atoms with Gasteiger partial charge in [-0.25, -0.2) is 9.37 Å². The number of hydrogen-bond donors (Lipinski definition) is 1. The number of benzene rings is 2. The van der Waals surface area contributed by atoms with Crippen LogP contribution in [0, 0.1) is 12.7 Å². The first-order valence-corrected chi connectivity index (χ1v) is 13.4. The standard InChI is InChI=1S/C30H30F7N3O2S/c1-17-11-22(31)7-8-23(17)24-15-26(38-9-6-10-42-18(2)43)39-16-25(24)40(5)27(41)28(3,4)19-12-20(29(32,33)34)14-21(13-19)30(35,36)37/h7-8,11-16H,6,9-10H2,1-5H3,(H,38,39). The predicted molar refractivity (Wildman–Crippen MR) is 155 cm³/mol. The topological polar surface area (TPSA) is 54.5 Å². The highest BCUT2D eigenvalue weighted by Gasteiger charge is 2.41. The maximum Gasteiger partial charge on any atom is 0.416 e. The molecule has 232 valence electrons. The Balaban J connectivity index is 2.06. The summed E-state index contributed by atoms with van der Waals surface area (Å²) in [6.45, 7) is 6.64. The molecular weight excluding hydrogens is 599 g/mol. The first-order valence-electron chi connectivity index (χ1n) is 13.0. The number of pyridine rings is 1. The molecule has 0 aliphatic heterocycles. The number of halogens is 7. The molecule has 0 bridgehead atoms. The SMILES string of the molecule is CC(=S)OCCCNc1cc(-c2ccc(F)cc2C)c(N(C)C(=O)C(C)(C)c2cc(C(F)(F)F)cc(C(F)(F)F)c2)cn1. The minimum Gasteiger partial charge on any atom is -0.487 e. The molecule has 0 unspecified atom stereocenters. The van der Waals surface area contributed by atoms with Crippen LogP contribution in [0.5, 0.6) is 0 Å². The number of amides is 1. The van der Waals surface area contributed by atoms with E-state index in [1.165, 1.54) is 45.3 Å². The Kier molecular flexibility index (Phi) is 10.1. The summed E-state index contributed by atoms with van der Waals surface area (Å²) in [5.74, 6) is -0.870. The lowest BCUT2D eigenvalue weighted by molar-refractivity contribution is -0.143. The number of carbonyl (C=O) groups is 1. The monoisotopic (exact) mass is 629 g/mol. The molecule has 0 saturated heterocycles. The molecule has 0 fully saturated rings. The molecule has 0 aliphatic rings. The van der Waals surface area contributed by atoms with E-state index in [1.54, 1.807) is 19.9 Å². The number of rotatable bonds is 9. The molecule has 1 N–H and O–H groups in total. The Hall–Kier alpha value is -3.74. The van der Waals surface area contributed by atoms with E-state index in [-0.39, 0.29) is 11.8 Å². The van der Waals surface area contributed by atoms with E-state index in [9.17, 15) is 35.5 Å². The van der Waals surface area contributed by atoms with Gasteiger partial charge in [-0.2, -0.15) is 26.3 Å². The number of anilines is 2. The molecule has 3 aromatic rings. The fourth-order valence-corrected chi connectivity index (χ4v) is 4.51. The van der Waals surface area contributed by atoms with Crippen LogP contribution in [-0.2, 0) is 27.3 Å². The third kappa shape index (κ3) is 8.21. The molecule has 13 heteroatoms. The molecule has 0 spiro atoms. The predicted octanol–water partition coefficient (Wildman–Crippen LogP) is 8.34. The summed E-state index contributed by atoms with van der Waals surface area (Å²) < 4.78 is 100. The lowest BCUT2D eigenvalue weighted by atomic mass is 9.81. The molecule has 3 rings (SSSR count). The number of alkyl halides is 6.